The van der Waals surface area contributed by atoms with Gasteiger partial charge in [-0.1, -0.05) is 39.7 Å². The third-order valence-corrected chi connectivity index (χ3v) is 5.01. The zero-order chi connectivity index (χ0) is 18.8. The monoisotopic (exact) mass is 361 g/mol. The zero-order valence-corrected chi connectivity index (χ0v) is 16.0. The van der Waals surface area contributed by atoms with Crippen LogP contribution in [0.15, 0.2) is 18.3 Å². The molecule has 3 rings (SSSR count). The van der Waals surface area contributed by atoms with Gasteiger partial charge in [0.05, 0.1) is 12.2 Å². The molecule has 2 atom stereocenters. The van der Waals surface area contributed by atoms with E-state index in [1.807, 2.05) is 13.0 Å². The maximum atomic E-state index is 14.8. The van der Waals surface area contributed by atoms with E-state index in [0.29, 0.717) is 24.7 Å². The van der Waals surface area contributed by atoms with Crippen LogP contribution in [0.5, 0.6) is 0 Å². The SMILES string of the molecule is CCCC[C@@H]1CN(C(=O)c2nc3ccc(C)cn3c2F)C[C@H](C(C)C)O1. The van der Waals surface area contributed by atoms with Crippen LogP contribution in [0.4, 0.5) is 4.39 Å². The van der Waals surface area contributed by atoms with E-state index in [9.17, 15) is 9.18 Å². The van der Waals surface area contributed by atoms with E-state index >= 15 is 0 Å². The average Bonchev–Trinajstić information content (AvgIpc) is 2.95. The third kappa shape index (κ3) is 3.75. The molecule has 1 saturated heterocycles. The van der Waals surface area contributed by atoms with Crippen LogP contribution >= 0.6 is 0 Å². The molecule has 0 N–H and O–H groups in total. The molecule has 1 aliphatic rings. The number of aryl methyl sites for hydroxylation is 1. The maximum absolute atomic E-state index is 14.8. The highest BCUT2D eigenvalue weighted by atomic mass is 19.1. The predicted molar refractivity (Wildman–Crippen MR) is 98.8 cm³/mol. The Morgan fingerprint density at radius 3 is 2.85 bits per heavy atom. The van der Waals surface area contributed by atoms with Gasteiger partial charge < -0.3 is 9.64 Å². The fourth-order valence-electron chi connectivity index (χ4n) is 3.40. The Bertz CT molecular complexity index is 787. The van der Waals surface area contributed by atoms with E-state index in [1.165, 1.54) is 4.40 Å². The molecule has 0 bridgehead atoms. The minimum Gasteiger partial charge on any atom is -0.371 e. The molecule has 0 saturated carbocycles. The second-order valence-electron chi connectivity index (χ2n) is 7.58. The summed E-state index contributed by atoms with van der Waals surface area (Å²) in [5.41, 5.74) is 1.26. The Labute approximate surface area is 154 Å². The molecular formula is C20H28FN3O2. The van der Waals surface area contributed by atoms with Gasteiger partial charge in [0.25, 0.3) is 5.91 Å². The number of hydrogen-bond acceptors (Lipinski definition) is 3. The van der Waals surface area contributed by atoms with Crippen LogP contribution in [-0.4, -0.2) is 45.5 Å². The highest BCUT2D eigenvalue weighted by Gasteiger charge is 2.34. The molecule has 26 heavy (non-hydrogen) atoms. The second-order valence-corrected chi connectivity index (χ2v) is 7.58. The first-order chi connectivity index (χ1) is 12.4. The number of morpholine rings is 1. The van der Waals surface area contributed by atoms with E-state index in [4.69, 9.17) is 4.74 Å². The number of rotatable bonds is 5. The second kappa shape index (κ2) is 7.74. The summed E-state index contributed by atoms with van der Waals surface area (Å²) in [5, 5.41) is 0. The molecule has 5 nitrogen and oxygen atoms in total. The fourth-order valence-corrected chi connectivity index (χ4v) is 3.40. The van der Waals surface area contributed by atoms with Gasteiger partial charge >= 0.3 is 0 Å². The van der Waals surface area contributed by atoms with Crippen LogP contribution in [0.1, 0.15) is 56.1 Å². The standard InChI is InChI=1S/C20H28FN3O2/c1-5-6-7-15-11-23(12-16(26-15)13(2)3)20(25)18-19(21)24-10-14(4)8-9-17(24)22-18/h8-10,13,15-16H,5-7,11-12H2,1-4H3/t15-,16-/m1/s1. The van der Waals surface area contributed by atoms with Crippen LogP contribution in [0.25, 0.3) is 5.65 Å². The Kier molecular flexibility index (Phi) is 5.61. The summed E-state index contributed by atoms with van der Waals surface area (Å²) >= 11 is 0. The van der Waals surface area contributed by atoms with Crippen molar-refractivity contribution < 1.29 is 13.9 Å². The molecule has 0 radical (unpaired) electrons. The maximum Gasteiger partial charge on any atom is 0.277 e. The van der Waals surface area contributed by atoms with Crippen molar-refractivity contribution >= 4 is 11.6 Å². The molecule has 0 spiro atoms. The highest BCUT2D eigenvalue weighted by Crippen LogP contribution is 2.23. The number of aromatic nitrogens is 2. The van der Waals surface area contributed by atoms with Gasteiger partial charge in [0, 0.05) is 19.3 Å². The number of pyridine rings is 1. The Morgan fingerprint density at radius 1 is 1.38 bits per heavy atom. The molecule has 1 fully saturated rings. The number of nitrogens with zero attached hydrogens (tertiary/aromatic N) is 3. The van der Waals surface area contributed by atoms with Crippen LogP contribution in [-0.2, 0) is 4.74 Å². The number of halogens is 1. The molecule has 1 aliphatic heterocycles. The van der Waals surface area contributed by atoms with Gasteiger partial charge in [0.2, 0.25) is 5.95 Å². The van der Waals surface area contributed by atoms with Crippen LogP contribution in [0, 0.1) is 18.8 Å². The van der Waals surface area contributed by atoms with Crippen molar-refractivity contribution in [2.75, 3.05) is 13.1 Å². The first-order valence-corrected chi connectivity index (χ1v) is 9.49. The largest absolute Gasteiger partial charge is 0.371 e. The molecule has 6 heteroatoms. The lowest BCUT2D eigenvalue weighted by Crippen LogP contribution is -2.51. The summed E-state index contributed by atoms with van der Waals surface area (Å²) in [6, 6.07) is 3.59. The summed E-state index contributed by atoms with van der Waals surface area (Å²) in [5.74, 6) is -0.644. The minimum absolute atomic E-state index is 0.00221. The third-order valence-electron chi connectivity index (χ3n) is 5.01. The molecule has 2 aromatic rings. The summed E-state index contributed by atoms with van der Waals surface area (Å²) in [4.78, 5) is 19.0. The van der Waals surface area contributed by atoms with Crippen molar-refractivity contribution in [1.82, 2.24) is 14.3 Å². The van der Waals surface area contributed by atoms with E-state index in [0.717, 1.165) is 24.8 Å². The van der Waals surface area contributed by atoms with Crippen molar-refractivity contribution in [3.8, 4) is 0 Å². The molecule has 3 heterocycles. The van der Waals surface area contributed by atoms with Gasteiger partial charge in [0.15, 0.2) is 5.69 Å². The first kappa shape index (κ1) is 18.8. The number of carbonyl (C=O) groups excluding carboxylic acids is 1. The highest BCUT2D eigenvalue weighted by molar-refractivity contribution is 5.93. The molecule has 2 aromatic heterocycles. The predicted octanol–water partition coefficient (Wildman–Crippen LogP) is 3.84. The first-order valence-electron chi connectivity index (χ1n) is 9.49. The summed E-state index contributed by atoms with van der Waals surface area (Å²) in [6.45, 7) is 9.17. The van der Waals surface area contributed by atoms with Crippen molar-refractivity contribution in [3.63, 3.8) is 0 Å². The number of unbranched alkanes of at least 4 members (excludes halogenated alkanes) is 1. The lowest BCUT2D eigenvalue weighted by molar-refractivity contribution is -0.0964. The number of amides is 1. The Balaban J connectivity index is 1.86. The Hall–Kier alpha value is -1.95. The van der Waals surface area contributed by atoms with E-state index in [2.05, 4.69) is 25.8 Å². The van der Waals surface area contributed by atoms with Crippen molar-refractivity contribution in [3.05, 3.63) is 35.5 Å². The number of imidazole rings is 1. The lowest BCUT2D eigenvalue weighted by atomic mass is 10.0. The average molecular weight is 361 g/mol. The topological polar surface area (TPSA) is 46.8 Å². The van der Waals surface area contributed by atoms with Crippen molar-refractivity contribution in [2.45, 2.75) is 59.2 Å². The summed E-state index contributed by atoms with van der Waals surface area (Å²) in [6.07, 6.45) is 4.69. The molecule has 1 amide bonds. The van der Waals surface area contributed by atoms with Crippen molar-refractivity contribution in [2.24, 2.45) is 5.92 Å². The van der Waals surface area contributed by atoms with Gasteiger partial charge in [0.1, 0.15) is 5.65 Å². The van der Waals surface area contributed by atoms with E-state index < -0.39 is 5.95 Å². The fraction of sp³-hybridized carbons (Fsp3) is 0.600. The molecule has 0 unspecified atom stereocenters. The zero-order valence-electron chi connectivity index (χ0n) is 16.0. The Morgan fingerprint density at radius 2 is 2.15 bits per heavy atom. The molecule has 0 aliphatic carbocycles. The van der Waals surface area contributed by atoms with E-state index in [1.54, 1.807) is 17.2 Å². The van der Waals surface area contributed by atoms with Crippen molar-refractivity contribution in [1.29, 1.82) is 0 Å². The number of fused-ring (bicyclic) bond motifs is 1. The van der Waals surface area contributed by atoms with Crippen LogP contribution in [0.2, 0.25) is 0 Å². The molecule has 142 valence electrons. The normalized spacial score (nSPS) is 20.9. The summed E-state index contributed by atoms with van der Waals surface area (Å²) in [7, 11) is 0. The molecule has 0 aromatic carbocycles. The van der Waals surface area contributed by atoms with Gasteiger partial charge in [-0.25, -0.2) is 4.98 Å². The number of carbonyl (C=O) groups is 1. The quantitative estimate of drug-likeness (QED) is 0.813. The molecular weight excluding hydrogens is 333 g/mol. The van der Waals surface area contributed by atoms with Gasteiger partial charge in [-0.05, 0) is 30.9 Å². The smallest absolute Gasteiger partial charge is 0.277 e. The van der Waals surface area contributed by atoms with E-state index in [-0.39, 0.29) is 23.8 Å². The number of hydrogen-bond donors (Lipinski definition) is 0. The number of ether oxygens (including phenoxy) is 1. The summed E-state index contributed by atoms with van der Waals surface area (Å²) < 4.78 is 22.3. The van der Waals surface area contributed by atoms with Crippen LogP contribution < -0.4 is 0 Å². The van der Waals surface area contributed by atoms with Crippen LogP contribution in [0.3, 0.4) is 0 Å². The minimum atomic E-state index is -0.591. The van der Waals surface area contributed by atoms with Gasteiger partial charge in [-0.15, -0.1) is 0 Å². The van der Waals surface area contributed by atoms with Gasteiger partial charge in [-0.3, -0.25) is 9.20 Å². The van der Waals surface area contributed by atoms with Gasteiger partial charge in [-0.2, -0.15) is 4.39 Å². The lowest BCUT2D eigenvalue weighted by Gasteiger charge is -2.39.